The smallest absolute Gasteiger partial charge is 0.326 e. The molecule has 1 heterocycles. The number of nitro groups is 1. The summed E-state index contributed by atoms with van der Waals surface area (Å²) in [6.45, 7) is 2.42. The molecule has 0 amide bonds. The Balaban J connectivity index is 2.40. The van der Waals surface area contributed by atoms with Gasteiger partial charge in [-0.2, -0.15) is 0 Å². The zero-order chi connectivity index (χ0) is 15.6. The van der Waals surface area contributed by atoms with Gasteiger partial charge in [0.15, 0.2) is 0 Å². The Morgan fingerprint density at radius 2 is 2.29 bits per heavy atom. The molecular formula is C14H17FN2O4. The number of nitrogens with zero attached hydrogens (tertiary/aromatic N) is 2. The minimum absolute atomic E-state index is 0.170. The summed E-state index contributed by atoms with van der Waals surface area (Å²) in [5.74, 6) is -1.42. The van der Waals surface area contributed by atoms with Gasteiger partial charge in [-0.3, -0.25) is 10.1 Å². The highest BCUT2D eigenvalue weighted by Gasteiger charge is 2.35. The number of carboxylic acid groups (broad SMARTS) is 1. The fourth-order valence-electron chi connectivity index (χ4n) is 2.82. The van der Waals surface area contributed by atoms with Crippen LogP contribution in [-0.4, -0.2) is 28.6 Å². The van der Waals surface area contributed by atoms with Crippen LogP contribution in [-0.2, 0) is 4.79 Å². The number of carbonyl (C=O) groups is 1. The minimum atomic E-state index is -1.01. The van der Waals surface area contributed by atoms with E-state index in [1.54, 1.807) is 0 Å². The fourth-order valence-corrected chi connectivity index (χ4v) is 2.82. The van der Waals surface area contributed by atoms with Crippen LogP contribution in [0.1, 0.15) is 26.2 Å². The second kappa shape index (κ2) is 6.07. The molecule has 0 aliphatic carbocycles. The zero-order valence-corrected chi connectivity index (χ0v) is 11.7. The lowest BCUT2D eigenvalue weighted by Gasteiger charge is -2.38. The SMILES string of the molecule is CCC1CCN(c2ccc(F)cc2[N+](=O)[O-])C(C(=O)O)C1. The lowest BCUT2D eigenvalue weighted by Crippen LogP contribution is -2.47. The largest absolute Gasteiger partial charge is 0.480 e. The van der Waals surface area contributed by atoms with Crippen LogP contribution in [0.2, 0.25) is 0 Å². The maximum atomic E-state index is 13.2. The van der Waals surface area contributed by atoms with E-state index >= 15 is 0 Å². The summed E-state index contributed by atoms with van der Waals surface area (Å²) in [6, 6.07) is 2.43. The van der Waals surface area contributed by atoms with E-state index < -0.39 is 28.4 Å². The monoisotopic (exact) mass is 296 g/mol. The third kappa shape index (κ3) is 3.12. The normalized spacial score (nSPS) is 22.1. The number of piperidine rings is 1. The summed E-state index contributed by atoms with van der Waals surface area (Å²) in [7, 11) is 0. The Morgan fingerprint density at radius 3 is 2.86 bits per heavy atom. The molecule has 1 aliphatic rings. The van der Waals surface area contributed by atoms with Crippen molar-refractivity contribution in [3.05, 3.63) is 34.1 Å². The van der Waals surface area contributed by atoms with E-state index in [1.807, 2.05) is 6.92 Å². The first-order valence-electron chi connectivity index (χ1n) is 6.87. The summed E-state index contributed by atoms with van der Waals surface area (Å²) in [6.07, 6.45) is 2.10. The van der Waals surface area contributed by atoms with E-state index in [4.69, 9.17) is 0 Å². The molecule has 0 saturated carbocycles. The Morgan fingerprint density at radius 1 is 1.57 bits per heavy atom. The number of anilines is 1. The maximum Gasteiger partial charge on any atom is 0.326 e. The predicted octanol–water partition coefficient (Wildman–Crippen LogP) is 2.81. The third-order valence-electron chi connectivity index (χ3n) is 4.02. The topological polar surface area (TPSA) is 83.7 Å². The average Bonchev–Trinajstić information content (AvgIpc) is 2.46. The number of nitro benzene ring substituents is 1. The van der Waals surface area contributed by atoms with Gasteiger partial charge in [0.25, 0.3) is 5.69 Å². The van der Waals surface area contributed by atoms with E-state index in [9.17, 15) is 24.4 Å². The average molecular weight is 296 g/mol. The molecule has 6 nitrogen and oxygen atoms in total. The molecule has 1 aliphatic heterocycles. The van der Waals surface area contributed by atoms with Crippen LogP contribution in [0, 0.1) is 21.8 Å². The number of benzene rings is 1. The standard InChI is InChI=1S/C14H17FN2O4/c1-2-9-5-6-16(13(7-9)14(18)19)11-4-3-10(15)8-12(11)17(20)21/h3-4,8-9,13H,2,5-7H2,1H3,(H,18,19). The van der Waals surface area contributed by atoms with Gasteiger partial charge in [0.2, 0.25) is 0 Å². The van der Waals surface area contributed by atoms with Gasteiger partial charge in [0.05, 0.1) is 11.0 Å². The van der Waals surface area contributed by atoms with E-state index in [0.29, 0.717) is 18.9 Å². The van der Waals surface area contributed by atoms with Crippen molar-refractivity contribution < 1.29 is 19.2 Å². The van der Waals surface area contributed by atoms with Crippen molar-refractivity contribution in [2.24, 2.45) is 5.92 Å². The van der Waals surface area contributed by atoms with Crippen LogP contribution in [0.5, 0.6) is 0 Å². The van der Waals surface area contributed by atoms with E-state index in [2.05, 4.69) is 0 Å². The van der Waals surface area contributed by atoms with Crippen molar-refractivity contribution in [3.8, 4) is 0 Å². The molecule has 1 aromatic carbocycles. The second-order valence-corrected chi connectivity index (χ2v) is 5.24. The van der Waals surface area contributed by atoms with Crippen LogP contribution in [0.4, 0.5) is 15.8 Å². The lowest BCUT2D eigenvalue weighted by molar-refractivity contribution is -0.384. The number of rotatable bonds is 4. The highest BCUT2D eigenvalue weighted by atomic mass is 19.1. The van der Waals surface area contributed by atoms with Gasteiger partial charge in [-0.25, -0.2) is 9.18 Å². The highest BCUT2D eigenvalue weighted by Crippen LogP contribution is 2.35. The number of hydrogen-bond donors (Lipinski definition) is 1. The van der Waals surface area contributed by atoms with Gasteiger partial charge in [0, 0.05) is 6.54 Å². The van der Waals surface area contributed by atoms with E-state index in [-0.39, 0.29) is 5.69 Å². The van der Waals surface area contributed by atoms with Crippen molar-refractivity contribution in [1.82, 2.24) is 0 Å². The summed E-state index contributed by atoms with van der Waals surface area (Å²) in [5.41, 5.74) is -0.223. The summed E-state index contributed by atoms with van der Waals surface area (Å²) in [4.78, 5) is 23.4. The van der Waals surface area contributed by atoms with Crippen molar-refractivity contribution in [3.63, 3.8) is 0 Å². The maximum absolute atomic E-state index is 13.2. The first kappa shape index (κ1) is 15.2. The molecule has 7 heteroatoms. The minimum Gasteiger partial charge on any atom is -0.480 e. The molecule has 1 saturated heterocycles. The van der Waals surface area contributed by atoms with Crippen molar-refractivity contribution in [2.45, 2.75) is 32.2 Å². The first-order valence-corrected chi connectivity index (χ1v) is 6.87. The van der Waals surface area contributed by atoms with Gasteiger partial charge in [-0.1, -0.05) is 13.3 Å². The summed E-state index contributed by atoms with van der Waals surface area (Å²) in [5, 5.41) is 20.5. The van der Waals surface area contributed by atoms with E-state index in [0.717, 1.165) is 25.0 Å². The van der Waals surface area contributed by atoms with Crippen molar-refractivity contribution >= 4 is 17.3 Å². The lowest BCUT2D eigenvalue weighted by atomic mass is 9.88. The van der Waals surface area contributed by atoms with Crippen LogP contribution >= 0.6 is 0 Å². The summed E-state index contributed by atoms with van der Waals surface area (Å²) < 4.78 is 13.2. The van der Waals surface area contributed by atoms with Crippen molar-refractivity contribution in [2.75, 3.05) is 11.4 Å². The van der Waals surface area contributed by atoms with Crippen LogP contribution in [0.25, 0.3) is 0 Å². The molecule has 0 aromatic heterocycles. The highest BCUT2D eigenvalue weighted by molar-refractivity contribution is 5.80. The van der Waals surface area contributed by atoms with Gasteiger partial charge < -0.3 is 10.0 Å². The molecule has 2 unspecified atom stereocenters. The molecule has 1 fully saturated rings. The number of hydrogen-bond acceptors (Lipinski definition) is 4. The van der Waals surface area contributed by atoms with Crippen LogP contribution < -0.4 is 4.90 Å². The van der Waals surface area contributed by atoms with E-state index in [1.165, 1.54) is 11.0 Å². The molecule has 0 bridgehead atoms. The molecule has 1 aromatic rings. The van der Waals surface area contributed by atoms with Gasteiger partial charge in [0.1, 0.15) is 17.5 Å². The Labute approximate surface area is 121 Å². The molecule has 2 atom stereocenters. The van der Waals surface area contributed by atoms with Gasteiger partial charge in [-0.05, 0) is 30.9 Å². The second-order valence-electron chi connectivity index (χ2n) is 5.24. The molecule has 2 rings (SSSR count). The Bertz CT molecular complexity index is 564. The quantitative estimate of drug-likeness (QED) is 0.682. The number of carboxylic acids is 1. The molecule has 0 radical (unpaired) electrons. The zero-order valence-electron chi connectivity index (χ0n) is 11.7. The Hall–Kier alpha value is -2.18. The predicted molar refractivity (Wildman–Crippen MR) is 74.8 cm³/mol. The number of aliphatic carboxylic acids is 1. The van der Waals surface area contributed by atoms with Gasteiger partial charge >= 0.3 is 5.97 Å². The van der Waals surface area contributed by atoms with Crippen molar-refractivity contribution in [1.29, 1.82) is 0 Å². The molecular weight excluding hydrogens is 279 g/mol. The molecule has 21 heavy (non-hydrogen) atoms. The number of halogens is 1. The van der Waals surface area contributed by atoms with Crippen LogP contribution in [0.15, 0.2) is 18.2 Å². The van der Waals surface area contributed by atoms with Gasteiger partial charge in [-0.15, -0.1) is 0 Å². The Kier molecular flexibility index (Phi) is 4.40. The van der Waals surface area contributed by atoms with Crippen LogP contribution in [0.3, 0.4) is 0 Å². The third-order valence-corrected chi connectivity index (χ3v) is 4.02. The fraction of sp³-hybridized carbons (Fsp3) is 0.500. The molecule has 1 N–H and O–H groups in total. The molecule has 114 valence electrons. The first-order chi connectivity index (χ1) is 9.93. The molecule has 0 spiro atoms. The summed E-state index contributed by atoms with van der Waals surface area (Å²) >= 11 is 0.